The van der Waals surface area contributed by atoms with E-state index in [9.17, 15) is 5.11 Å². The van der Waals surface area contributed by atoms with Gasteiger partial charge < -0.3 is 10.4 Å². The van der Waals surface area contributed by atoms with Gasteiger partial charge in [0.1, 0.15) is 5.82 Å². The minimum atomic E-state index is -0.616. The molecule has 0 aliphatic heterocycles. The van der Waals surface area contributed by atoms with Crippen LogP contribution in [0.3, 0.4) is 0 Å². The number of anilines is 1. The van der Waals surface area contributed by atoms with Gasteiger partial charge in [-0.25, -0.2) is 9.97 Å². The van der Waals surface area contributed by atoms with E-state index in [4.69, 9.17) is 11.6 Å². The zero-order chi connectivity index (χ0) is 12.3. The summed E-state index contributed by atoms with van der Waals surface area (Å²) >= 11 is 5.70. The van der Waals surface area contributed by atoms with Crippen molar-refractivity contribution < 1.29 is 5.11 Å². The molecule has 1 aromatic rings. The molecule has 94 valence electrons. The molecule has 1 aliphatic rings. The van der Waals surface area contributed by atoms with Crippen molar-refractivity contribution in [1.82, 2.24) is 9.97 Å². The maximum absolute atomic E-state index is 10.4. The maximum atomic E-state index is 10.4. The van der Waals surface area contributed by atoms with Crippen LogP contribution in [0.25, 0.3) is 0 Å². The SMILES string of the molecule is CC1CCCC(O)(CNc2ccnc(Cl)n2)C1. The summed E-state index contributed by atoms with van der Waals surface area (Å²) < 4.78 is 0. The second-order valence-corrected chi connectivity index (χ2v) is 5.33. The Bertz CT molecular complexity index is 388. The summed E-state index contributed by atoms with van der Waals surface area (Å²) in [6.45, 7) is 2.70. The van der Waals surface area contributed by atoms with Crippen LogP contribution in [0, 0.1) is 5.92 Å². The number of aliphatic hydroxyl groups is 1. The van der Waals surface area contributed by atoms with Gasteiger partial charge in [-0.15, -0.1) is 0 Å². The minimum Gasteiger partial charge on any atom is -0.388 e. The topological polar surface area (TPSA) is 58.0 Å². The number of hydrogen-bond donors (Lipinski definition) is 2. The molecule has 0 radical (unpaired) electrons. The highest BCUT2D eigenvalue weighted by atomic mass is 35.5. The van der Waals surface area contributed by atoms with Crippen LogP contribution in [0.5, 0.6) is 0 Å². The summed E-state index contributed by atoms with van der Waals surface area (Å²) in [5.74, 6) is 1.25. The van der Waals surface area contributed by atoms with Gasteiger partial charge in [0.15, 0.2) is 0 Å². The van der Waals surface area contributed by atoms with E-state index in [-0.39, 0.29) is 5.28 Å². The molecule has 2 unspecified atom stereocenters. The fraction of sp³-hybridized carbons (Fsp3) is 0.667. The van der Waals surface area contributed by atoms with Crippen LogP contribution in [0.4, 0.5) is 5.82 Å². The number of rotatable bonds is 3. The van der Waals surface area contributed by atoms with E-state index >= 15 is 0 Å². The molecular formula is C12H18ClN3O. The normalized spacial score (nSPS) is 29.0. The van der Waals surface area contributed by atoms with Gasteiger partial charge in [0.05, 0.1) is 5.60 Å². The number of hydrogen-bond acceptors (Lipinski definition) is 4. The summed E-state index contributed by atoms with van der Waals surface area (Å²) in [6, 6.07) is 1.75. The molecule has 1 aliphatic carbocycles. The van der Waals surface area contributed by atoms with E-state index in [1.807, 2.05) is 0 Å². The van der Waals surface area contributed by atoms with E-state index in [0.29, 0.717) is 18.3 Å². The smallest absolute Gasteiger partial charge is 0.224 e. The van der Waals surface area contributed by atoms with E-state index in [0.717, 1.165) is 19.3 Å². The van der Waals surface area contributed by atoms with E-state index < -0.39 is 5.60 Å². The summed E-state index contributed by atoms with van der Waals surface area (Å²) in [7, 11) is 0. The van der Waals surface area contributed by atoms with E-state index in [1.165, 1.54) is 6.42 Å². The van der Waals surface area contributed by atoms with Crippen molar-refractivity contribution in [2.75, 3.05) is 11.9 Å². The molecule has 1 aromatic heterocycles. The van der Waals surface area contributed by atoms with Crippen molar-refractivity contribution in [3.8, 4) is 0 Å². The lowest BCUT2D eigenvalue weighted by atomic mass is 9.79. The van der Waals surface area contributed by atoms with Gasteiger partial charge in [-0.3, -0.25) is 0 Å². The zero-order valence-corrected chi connectivity index (χ0v) is 10.7. The number of nitrogens with zero attached hydrogens (tertiary/aromatic N) is 2. The van der Waals surface area contributed by atoms with Crippen molar-refractivity contribution in [1.29, 1.82) is 0 Å². The minimum absolute atomic E-state index is 0.221. The molecule has 17 heavy (non-hydrogen) atoms. The summed E-state index contributed by atoms with van der Waals surface area (Å²) in [5.41, 5.74) is -0.616. The Hall–Kier alpha value is -0.870. The molecule has 1 saturated carbocycles. The van der Waals surface area contributed by atoms with Crippen LogP contribution >= 0.6 is 11.6 Å². The average molecular weight is 256 g/mol. The van der Waals surface area contributed by atoms with Gasteiger partial charge >= 0.3 is 0 Å². The Morgan fingerprint density at radius 3 is 3.18 bits per heavy atom. The van der Waals surface area contributed by atoms with Crippen LogP contribution in [0.2, 0.25) is 5.28 Å². The fourth-order valence-electron chi connectivity index (χ4n) is 2.48. The second-order valence-electron chi connectivity index (χ2n) is 4.99. The van der Waals surface area contributed by atoms with Gasteiger partial charge in [0, 0.05) is 12.7 Å². The lowest BCUT2D eigenvalue weighted by Gasteiger charge is -2.35. The van der Waals surface area contributed by atoms with Gasteiger partial charge in [-0.2, -0.15) is 0 Å². The molecular weight excluding hydrogens is 238 g/mol. The lowest BCUT2D eigenvalue weighted by molar-refractivity contribution is -0.000828. The van der Waals surface area contributed by atoms with Crippen LogP contribution in [0.15, 0.2) is 12.3 Å². The molecule has 5 heteroatoms. The first-order valence-electron chi connectivity index (χ1n) is 6.02. The fourth-order valence-corrected chi connectivity index (χ4v) is 2.63. The van der Waals surface area contributed by atoms with E-state index in [1.54, 1.807) is 12.3 Å². The Labute approximate surface area is 106 Å². The molecule has 2 atom stereocenters. The third-order valence-electron chi connectivity index (χ3n) is 3.29. The molecule has 2 rings (SSSR count). The number of aromatic nitrogens is 2. The van der Waals surface area contributed by atoms with Crippen LogP contribution in [-0.2, 0) is 0 Å². The first kappa shape index (κ1) is 12.6. The molecule has 2 N–H and O–H groups in total. The largest absolute Gasteiger partial charge is 0.388 e. The van der Waals surface area contributed by atoms with E-state index in [2.05, 4.69) is 22.2 Å². The van der Waals surface area contributed by atoms with Gasteiger partial charge in [0.2, 0.25) is 5.28 Å². The first-order valence-corrected chi connectivity index (χ1v) is 6.40. The predicted octanol–water partition coefficient (Wildman–Crippen LogP) is 2.48. The Morgan fingerprint density at radius 2 is 2.47 bits per heavy atom. The van der Waals surface area contributed by atoms with Gasteiger partial charge in [-0.05, 0) is 36.4 Å². The van der Waals surface area contributed by atoms with Crippen LogP contribution < -0.4 is 5.32 Å². The monoisotopic (exact) mass is 255 g/mol. The third-order valence-corrected chi connectivity index (χ3v) is 3.47. The van der Waals surface area contributed by atoms with Crippen LogP contribution in [-0.4, -0.2) is 27.2 Å². The van der Waals surface area contributed by atoms with Gasteiger partial charge in [-0.1, -0.05) is 19.8 Å². The highest BCUT2D eigenvalue weighted by Crippen LogP contribution is 2.32. The number of nitrogens with one attached hydrogen (secondary N) is 1. The Morgan fingerprint density at radius 1 is 1.65 bits per heavy atom. The quantitative estimate of drug-likeness (QED) is 0.815. The Balaban J connectivity index is 1.93. The molecule has 0 aromatic carbocycles. The van der Waals surface area contributed by atoms with Crippen LogP contribution in [0.1, 0.15) is 32.6 Å². The standard InChI is InChI=1S/C12H18ClN3O/c1-9-3-2-5-12(17,7-9)8-15-10-4-6-14-11(13)16-10/h4,6,9,17H,2-3,5,7-8H2,1H3,(H,14,15,16). The zero-order valence-electron chi connectivity index (χ0n) is 9.99. The number of halogens is 1. The summed E-state index contributed by atoms with van der Waals surface area (Å²) in [4.78, 5) is 7.86. The van der Waals surface area contributed by atoms with Crippen molar-refractivity contribution in [2.45, 2.75) is 38.2 Å². The van der Waals surface area contributed by atoms with Crippen molar-refractivity contribution in [2.24, 2.45) is 5.92 Å². The molecule has 4 nitrogen and oxygen atoms in total. The van der Waals surface area contributed by atoms with Gasteiger partial charge in [0.25, 0.3) is 0 Å². The van der Waals surface area contributed by atoms with Crippen molar-refractivity contribution in [3.63, 3.8) is 0 Å². The molecule has 1 heterocycles. The molecule has 0 spiro atoms. The summed E-state index contributed by atoms with van der Waals surface area (Å²) in [6.07, 6.45) is 5.60. The summed E-state index contributed by atoms with van der Waals surface area (Å²) in [5, 5.41) is 13.8. The highest BCUT2D eigenvalue weighted by Gasteiger charge is 2.32. The van der Waals surface area contributed by atoms with Crippen molar-refractivity contribution in [3.05, 3.63) is 17.5 Å². The highest BCUT2D eigenvalue weighted by molar-refractivity contribution is 6.28. The molecule has 0 saturated heterocycles. The maximum Gasteiger partial charge on any atom is 0.224 e. The lowest BCUT2D eigenvalue weighted by Crippen LogP contribution is -2.41. The molecule has 0 amide bonds. The molecule has 0 bridgehead atoms. The van der Waals surface area contributed by atoms with Crippen molar-refractivity contribution >= 4 is 17.4 Å². The average Bonchev–Trinajstić information content (AvgIpc) is 2.26. The third kappa shape index (κ3) is 3.54. The predicted molar refractivity (Wildman–Crippen MR) is 68.1 cm³/mol. The second kappa shape index (κ2) is 5.19. The first-order chi connectivity index (χ1) is 8.07. The Kier molecular flexibility index (Phi) is 3.84. The molecule has 1 fully saturated rings.